The molecule has 0 bridgehead atoms. The molecule has 0 radical (unpaired) electrons. The Labute approximate surface area is 155 Å². The van der Waals surface area contributed by atoms with Crippen LogP contribution in [0.3, 0.4) is 0 Å². The van der Waals surface area contributed by atoms with Crippen LogP contribution in [0, 0.1) is 0 Å². The lowest BCUT2D eigenvalue weighted by atomic mass is 10.1. The van der Waals surface area contributed by atoms with Crippen molar-refractivity contribution in [3.05, 3.63) is 77.2 Å². The van der Waals surface area contributed by atoms with Gasteiger partial charge in [0.25, 0.3) is 0 Å². The molecule has 3 rings (SSSR count). The second-order valence-electron chi connectivity index (χ2n) is 6.54. The van der Waals surface area contributed by atoms with Crippen LogP contribution in [-0.4, -0.2) is 50.6 Å². The third-order valence-electron chi connectivity index (χ3n) is 4.69. The van der Waals surface area contributed by atoms with Gasteiger partial charge in [0.1, 0.15) is 12.6 Å². The number of aliphatic hydroxyl groups excluding tert-OH is 1. The van der Waals surface area contributed by atoms with Crippen LogP contribution in [0.5, 0.6) is 0 Å². The van der Waals surface area contributed by atoms with E-state index in [0.29, 0.717) is 32.7 Å². The minimum atomic E-state index is -3.41. The zero-order valence-corrected chi connectivity index (χ0v) is 15.5. The van der Waals surface area contributed by atoms with Crippen LogP contribution in [0.15, 0.2) is 66.1 Å². The van der Waals surface area contributed by atoms with Crippen molar-refractivity contribution in [3.63, 3.8) is 0 Å². The molecule has 1 atom stereocenters. The van der Waals surface area contributed by atoms with Crippen LogP contribution in [0.1, 0.15) is 17.2 Å². The summed E-state index contributed by atoms with van der Waals surface area (Å²) >= 11 is 0. The van der Waals surface area contributed by atoms with E-state index in [1.54, 1.807) is 6.08 Å². The predicted molar refractivity (Wildman–Crippen MR) is 103 cm³/mol. The lowest BCUT2D eigenvalue weighted by Crippen LogP contribution is -3.15. The van der Waals surface area contributed by atoms with E-state index in [9.17, 15) is 13.5 Å². The maximum Gasteiger partial charge on any atom is 0.236 e. The average molecular weight is 373 g/mol. The predicted octanol–water partition coefficient (Wildman–Crippen LogP) is 0.921. The number of piperazine rings is 1. The Bertz CT molecular complexity index is 815. The molecule has 0 aromatic heterocycles. The summed E-state index contributed by atoms with van der Waals surface area (Å²) in [5.74, 6) is 0. The summed E-state index contributed by atoms with van der Waals surface area (Å²) in [6, 6.07) is 19.0. The van der Waals surface area contributed by atoms with E-state index in [1.807, 2.05) is 60.7 Å². The van der Waals surface area contributed by atoms with Gasteiger partial charge in [0.15, 0.2) is 0 Å². The number of benzene rings is 2. The van der Waals surface area contributed by atoms with Gasteiger partial charge in [-0.3, -0.25) is 0 Å². The van der Waals surface area contributed by atoms with Crippen LogP contribution in [0.4, 0.5) is 0 Å². The number of hydrogen-bond acceptors (Lipinski definition) is 3. The number of nitrogens with zero attached hydrogens (tertiary/aromatic N) is 1. The molecule has 2 aromatic carbocycles. The highest BCUT2D eigenvalue weighted by atomic mass is 32.2. The van der Waals surface area contributed by atoms with E-state index in [0.717, 1.165) is 11.1 Å². The number of nitrogens with one attached hydrogen (secondary N) is 1. The Morgan fingerprint density at radius 3 is 2.19 bits per heavy atom. The van der Waals surface area contributed by atoms with Crippen molar-refractivity contribution < 1.29 is 18.4 Å². The van der Waals surface area contributed by atoms with E-state index in [-0.39, 0.29) is 0 Å². The van der Waals surface area contributed by atoms with Gasteiger partial charge in [-0.1, -0.05) is 60.7 Å². The molecule has 138 valence electrons. The van der Waals surface area contributed by atoms with Crippen LogP contribution in [-0.2, 0) is 10.0 Å². The average Bonchev–Trinajstić information content (AvgIpc) is 2.68. The zero-order chi connectivity index (χ0) is 18.4. The zero-order valence-electron chi connectivity index (χ0n) is 14.7. The summed E-state index contributed by atoms with van der Waals surface area (Å²) in [5.41, 5.74) is 1.77. The lowest BCUT2D eigenvalue weighted by molar-refractivity contribution is -0.907. The summed E-state index contributed by atoms with van der Waals surface area (Å²) in [5, 5.41) is 11.6. The SMILES string of the molecule is O=S(=O)(/C=C/c1ccccc1)N1CC[NH+](C[C@@H](O)c2ccccc2)CC1. The molecule has 0 amide bonds. The molecular formula is C20H25N2O3S+. The number of hydrogen-bond donors (Lipinski definition) is 2. The van der Waals surface area contributed by atoms with Crippen molar-refractivity contribution in [1.82, 2.24) is 4.31 Å². The fraction of sp³-hybridized carbons (Fsp3) is 0.300. The third kappa shape index (κ3) is 5.02. The first-order chi connectivity index (χ1) is 12.5. The van der Waals surface area contributed by atoms with E-state index >= 15 is 0 Å². The minimum Gasteiger partial charge on any atom is -0.382 e. The van der Waals surface area contributed by atoms with Gasteiger partial charge < -0.3 is 10.0 Å². The third-order valence-corrected chi connectivity index (χ3v) is 6.25. The Hall–Kier alpha value is -1.99. The van der Waals surface area contributed by atoms with Gasteiger partial charge >= 0.3 is 0 Å². The number of quaternary nitrogens is 1. The maximum atomic E-state index is 12.5. The first-order valence-corrected chi connectivity index (χ1v) is 10.3. The lowest BCUT2D eigenvalue weighted by Gasteiger charge is -2.31. The first kappa shape index (κ1) is 18.8. The fourth-order valence-corrected chi connectivity index (χ4v) is 4.34. The monoisotopic (exact) mass is 373 g/mol. The topological polar surface area (TPSA) is 62.0 Å². The normalized spacial score (nSPS) is 18.2. The van der Waals surface area contributed by atoms with Crippen molar-refractivity contribution in [1.29, 1.82) is 0 Å². The van der Waals surface area contributed by atoms with Crippen LogP contribution in [0.25, 0.3) is 6.08 Å². The molecule has 1 fully saturated rings. The van der Waals surface area contributed by atoms with Gasteiger partial charge in [-0.25, -0.2) is 8.42 Å². The minimum absolute atomic E-state index is 0.471. The van der Waals surface area contributed by atoms with Gasteiger partial charge in [0, 0.05) is 5.41 Å². The molecule has 26 heavy (non-hydrogen) atoms. The van der Waals surface area contributed by atoms with Crippen molar-refractivity contribution in [2.45, 2.75) is 6.10 Å². The van der Waals surface area contributed by atoms with Gasteiger partial charge in [-0.2, -0.15) is 4.31 Å². The van der Waals surface area contributed by atoms with E-state index in [4.69, 9.17) is 0 Å². The Balaban J connectivity index is 1.53. The summed E-state index contributed by atoms with van der Waals surface area (Å²) in [7, 11) is -3.41. The molecular weight excluding hydrogens is 348 g/mol. The van der Waals surface area contributed by atoms with Crippen molar-refractivity contribution >= 4 is 16.1 Å². The van der Waals surface area contributed by atoms with Crippen molar-refractivity contribution in [3.8, 4) is 0 Å². The van der Waals surface area contributed by atoms with Crippen LogP contribution < -0.4 is 4.90 Å². The molecule has 1 aliphatic rings. The molecule has 0 spiro atoms. The fourth-order valence-electron chi connectivity index (χ4n) is 3.14. The maximum absolute atomic E-state index is 12.5. The van der Waals surface area contributed by atoms with E-state index < -0.39 is 16.1 Å². The second-order valence-corrected chi connectivity index (χ2v) is 8.36. The molecule has 1 saturated heterocycles. The molecule has 0 aliphatic carbocycles. The molecule has 6 heteroatoms. The Kier molecular flexibility index (Phi) is 6.21. The largest absolute Gasteiger partial charge is 0.382 e. The Morgan fingerprint density at radius 2 is 1.58 bits per heavy atom. The summed E-state index contributed by atoms with van der Waals surface area (Å²) in [6.45, 7) is 2.93. The molecule has 5 nitrogen and oxygen atoms in total. The smallest absolute Gasteiger partial charge is 0.236 e. The molecule has 1 heterocycles. The summed E-state index contributed by atoms with van der Waals surface area (Å²) < 4.78 is 26.5. The van der Waals surface area contributed by atoms with Gasteiger partial charge in [0.2, 0.25) is 10.0 Å². The second kappa shape index (κ2) is 8.60. The van der Waals surface area contributed by atoms with Gasteiger partial charge in [-0.05, 0) is 17.2 Å². The highest BCUT2D eigenvalue weighted by molar-refractivity contribution is 7.92. The quantitative estimate of drug-likeness (QED) is 0.792. The van der Waals surface area contributed by atoms with Gasteiger partial charge in [-0.15, -0.1) is 0 Å². The molecule has 0 unspecified atom stereocenters. The number of sulfonamides is 1. The molecule has 2 N–H and O–H groups in total. The van der Waals surface area contributed by atoms with Gasteiger partial charge in [0.05, 0.1) is 26.2 Å². The Morgan fingerprint density at radius 1 is 1.00 bits per heavy atom. The number of aliphatic hydroxyl groups is 1. The molecule has 1 aliphatic heterocycles. The summed E-state index contributed by atoms with van der Waals surface area (Å²) in [6.07, 6.45) is 1.11. The standard InChI is InChI=1S/C20H24N2O3S/c23-20(19-9-5-2-6-10-19)17-21-12-14-22(15-13-21)26(24,25)16-11-18-7-3-1-4-8-18/h1-11,16,20,23H,12-15,17H2/p+1/b16-11+/t20-/m1/s1. The number of rotatable bonds is 6. The van der Waals surface area contributed by atoms with Crippen LogP contribution in [0.2, 0.25) is 0 Å². The van der Waals surface area contributed by atoms with Crippen molar-refractivity contribution in [2.24, 2.45) is 0 Å². The van der Waals surface area contributed by atoms with Crippen LogP contribution >= 0.6 is 0 Å². The highest BCUT2D eigenvalue weighted by Gasteiger charge is 2.28. The summed E-state index contributed by atoms with van der Waals surface area (Å²) in [4.78, 5) is 1.22. The van der Waals surface area contributed by atoms with E-state index in [1.165, 1.54) is 14.6 Å². The highest BCUT2D eigenvalue weighted by Crippen LogP contribution is 2.11. The first-order valence-electron chi connectivity index (χ1n) is 8.84. The van der Waals surface area contributed by atoms with E-state index in [2.05, 4.69) is 0 Å². The molecule has 2 aromatic rings. The van der Waals surface area contributed by atoms with Crippen molar-refractivity contribution in [2.75, 3.05) is 32.7 Å². The molecule has 0 saturated carbocycles.